The van der Waals surface area contributed by atoms with Crippen LogP contribution in [0.2, 0.25) is 0 Å². The van der Waals surface area contributed by atoms with Gasteiger partial charge in [-0.05, 0) is 20.3 Å². The lowest BCUT2D eigenvalue weighted by Crippen LogP contribution is -2.37. The zero-order valence-corrected chi connectivity index (χ0v) is 8.09. The molecule has 10 heavy (non-hydrogen) atoms. The number of hydrogen-bond donors (Lipinski definition) is 1. The Balaban J connectivity index is 2.55. The number of hydrogen-bond acceptors (Lipinski definition) is 2. The highest BCUT2D eigenvalue weighted by atomic mass is 32.2. The molecule has 0 aromatic carbocycles. The number of nitrogens with one attached hydrogen (secondary N) is 1. The summed E-state index contributed by atoms with van der Waals surface area (Å²) < 4.78 is 0. The van der Waals surface area contributed by atoms with Gasteiger partial charge in [0.2, 0.25) is 0 Å². The monoisotopic (exact) mass is 159 g/mol. The Hall–Kier alpha value is 0.310. The standard InChI is InChI=1S/C8H17NS/c1-5-8(4)9-6(2)7(3)10-8/h6-7,9H,5H2,1-4H3. The van der Waals surface area contributed by atoms with Gasteiger partial charge in [-0.15, -0.1) is 11.8 Å². The molecule has 0 aromatic rings. The molecule has 3 atom stereocenters. The van der Waals surface area contributed by atoms with Crippen molar-refractivity contribution in [2.24, 2.45) is 0 Å². The van der Waals surface area contributed by atoms with Crippen molar-refractivity contribution >= 4 is 11.8 Å². The number of thioether (sulfide) groups is 1. The molecule has 1 rings (SSSR count). The van der Waals surface area contributed by atoms with Gasteiger partial charge in [0.1, 0.15) is 0 Å². The van der Waals surface area contributed by atoms with E-state index in [0.29, 0.717) is 10.9 Å². The van der Waals surface area contributed by atoms with E-state index in [4.69, 9.17) is 0 Å². The van der Waals surface area contributed by atoms with Gasteiger partial charge in [-0.1, -0.05) is 13.8 Å². The first-order valence-corrected chi connectivity index (χ1v) is 4.91. The predicted octanol–water partition coefficient (Wildman–Crippen LogP) is 2.23. The summed E-state index contributed by atoms with van der Waals surface area (Å²) in [6.45, 7) is 9.09. The first-order chi connectivity index (χ1) is 4.57. The Morgan fingerprint density at radius 3 is 2.30 bits per heavy atom. The van der Waals surface area contributed by atoms with Crippen LogP contribution in [0, 0.1) is 0 Å². The maximum atomic E-state index is 3.59. The highest BCUT2D eigenvalue weighted by Crippen LogP contribution is 2.37. The summed E-state index contributed by atoms with van der Waals surface area (Å²) in [4.78, 5) is 0.346. The van der Waals surface area contributed by atoms with E-state index in [1.54, 1.807) is 0 Å². The van der Waals surface area contributed by atoms with Gasteiger partial charge in [0, 0.05) is 11.3 Å². The third-order valence-corrected chi connectivity index (χ3v) is 4.06. The van der Waals surface area contributed by atoms with Gasteiger partial charge in [-0.2, -0.15) is 0 Å². The molecule has 0 saturated carbocycles. The lowest BCUT2D eigenvalue weighted by atomic mass is 10.2. The Morgan fingerprint density at radius 1 is 1.50 bits per heavy atom. The molecule has 0 bridgehead atoms. The Labute approximate surface area is 68.0 Å². The second-order valence-electron chi connectivity index (χ2n) is 3.34. The second-order valence-corrected chi connectivity index (χ2v) is 5.22. The molecule has 1 saturated heterocycles. The summed E-state index contributed by atoms with van der Waals surface area (Å²) in [6.07, 6.45) is 1.21. The minimum Gasteiger partial charge on any atom is -0.299 e. The smallest absolute Gasteiger partial charge is 0.0619 e. The third kappa shape index (κ3) is 1.48. The van der Waals surface area contributed by atoms with Gasteiger partial charge in [0.05, 0.1) is 4.87 Å². The molecule has 0 amide bonds. The highest BCUT2D eigenvalue weighted by Gasteiger charge is 2.35. The molecular weight excluding hydrogens is 142 g/mol. The summed E-state index contributed by atoms with van der Waals surface area (Å²) in [5, 5.41) is 4.36. The first-order valence-electron chi connectivity index (χ1n) is 4.03. The van der Waals surface area contributed by atoms with Gasteiger partial charge in [0.25, 0.3) is 0 Å². The van der Waals surface area contributed by atoms with Crippen LogP contribution in [0.15, 0.2) is 0 Å². The molecule has 1 aliphatic rings. The predicted molar refractivity (Wildman–Crippen MR) is 48.3 cm³/mol. The summed E-state index contributed by atoms with van der Waals surface area (Å²) in [5.74, 6) is 0. The van der Waals surface area contributed by atoms with Crippen LogP contribution in [0.25, 0.3) is 0 Å². The van der Waals surface area contributed by atoms with Crippen LogP contribution < -0.4 is 5.32 Å². The van der Waals surface area contributed by atoms with Crippen molar-refractivity contribution < 1.29 is 0 Å². The largest absolute Gasteiger partial charge is 0.299 e. The van der Waals surface area contributed by atoms with E-state index in [1.807, 2.05) is 0 Å². The van der Waals surface area contributed by atoms with Gasteiger partial charge in [-0.25, -0.2) is 0 Å². The lowest BCUT2D eigenvalue weighted by Gasteiger charge is -2.21. The SMILES string of the molecule is CCC1(C)NC(C)C(C)S1. The van der Waals surface area contributed by atoms with E-state index in [-0.39, 0.29) is 0 Å². The van der Waals surface area contributed by atoms with Crippen molar-refractivity contribution in [2.45, 2.75) is 50.3 Å². The summed E-state index contributed by atoms with van der Waals surface area (Å²) in [6, 6.07) is 0.676. The molecule has 0 spiro atoms. The molecule has 3 unspecified atom stereocenters. The molecule has 2 heteroatoms. The van der Waals surface area contributed by atoms with Crippen LogP contribution in [0.3, 0.4) is 0 Å². The normalized spacial score (nSPS) is 48.0. The zero-order chi connectivity index (χ0) is 7.78. The van der Waals surface area contributed by atoms with Crippen LogP contribution >= 0.6 is 11.8 Å². The lowest BCUT2D eigenvalue weighted by molar-refractivity contribution is 0.456. The molecule has 1 heterocycles. The van der Waals surface area contributed by atoms with Gasteiger partial charge < -0.3 is 0 Å². The molecule has 1 aliphatic heterocycles. The average molecular weight is 159 g/mol. The first kappa shape index (κ1) is 8.41. The van der Waals surface area contributed by atoms with Crippen LogP contribution in [0.5, 0.6) is 0 Å². The average Bonchev–Trinajstić information content (AvgIpc) is 2.10. The highest BCUT2D eigenvalue weighted by molar-refractivity contribution is 8.01. The molecular formula is C8H17NS. The number of rotatable bonds is 1. The second kappa shape index (κ2) is 2.74. The maximum Gasteiger partial charge on any atom is 0.0619 e. The Morgan fingerprint density at radius 2 is 2.10 bits per heavy atom. The summed E-state index contributed by atoms with van der Waals surface area (Å²) in [7, 11) is 0. The Kier molecular flexibility index (Phi) is 2.31. The summed E-state index contributed by atoms with van der Waals surface area (Å²) >= 11 is 2.06. The van der Waals surface area contributed by atoms with Crippen molar-refractivity contribution in [2.75, 3.05) is 0 Å². The van der Waals surface area contributed by atoms with Crippen molar-refractivity contribution in [3.63, 3.8) is 0 Å². The van der Waals surface area contributed by atoms with E-state index in [2.05, 4.69) is 44.8 Å². The van der Waals surface area contributed by atoms with Gasteiger partial charge in [-0.3, -0.25) is 5.32 Å². The molecule has 60 valence electrons. The van der Waals surface area contributed by atoms with Crippen molar-refractivity contribution in [1.82, 2.24) is 5.32 Å². The van der Waals surface area contributed by atoms with Crippen LogP contribution in [0.1, 0.15) is 34.1 Å². The van der Waals surface area contributed by atoms with E-state index in [9.17, 15) is 0 Å². The fourth-order valence-electron chi connectivity index (χ4n) is 1.33. The topological polar surface area (TPSA) is 12.0 Å². The van der Waals surface area contributed by atoms with Gasteiger partial charge >= 0.3 is 0 Å². The maximum absolute atomic E-state index is 3.59. The van der Waals surface area contributed by atoms with Crippen LogP contribution in [-0.4, -0.2) is 16.2 Å². The van der Waals surface area contributed by atoms with E-state index < -0.39 is 0 Å². The van der Waals surface area contributed by atoms with E-state index in [0.717, 1.165) is 5.25 Å². The fraction of sp³-hybridized carbons (Fsp3) is 1.00. The van der Waals surface area contributed by atoms with E-state index in [1.165, 1.54) is 6.42 Å². The third-order valence-electron chi connectivity index (χ3n) is 2.36. The Bertz CT molecular complexity index is 114. The molecule has 0 aromatic heterocycles. The molecule has 0 radical (unpaired) electrons. The quantitative estimate of drug-likeness (QED) is 0.629. The van der Waals surface area contributed by atoms with Gasteiger partial charge in [0.15, 0.2) is 0 Å². The molecule has 1 nitrogen and oxygen atoms in total. The van der Waals surface area contributed by atoms with Crippen molar-refractivity contribution in [1.29, 1.82) is 0 Å². The molecule has 1 fully saturated rings. The minimum atomic E-state index is 0.346. The summed E-state index contributed by atoms with van der Waals surface area (Å²) in [5.41, 5.74) is 0. The molecule has 0 aliphatic carbocycles. The van der Waals surface area contributed by atoms with Crippen molar-refractivity contribution in [3.8, 4) is 0 Å². The van der Waals surface area contributed by atoms with Crippen LogP contribution in [-0.2, 0) is 0 Å². The minimum absolute atomic E-state index is 0.346. The zero-order valence-electron chi connectivity index (χ0n) is 7.27. The fourth-order valence-corrected chi connectivity index (χ4v) is 2.84. The van der Waals surface area contributed by atoms with E-state index >= 15 is 0 Å². The molecule has 1 N–H and O–H groups in total. The van der Waals surface area contributed by atoms with Crippen LogP contribution in [0.4, 0.5) is 0 Å². The van der Waals surface area contributed by atoms with Crippen molar-refractivity contribution in [3.05, 3.63) is 0 Å².